The van der Waals surface area contributed by atoms with Gasteiger partial charge in [-0.3, -0.25) is 13.9 Å². The molecule has 0 bridgehead atoms. The van der Waals surface area contributed by atoms with Gasteiger partial charge in [-0.2, -0.15) is 0 Å². The molecule has 1 aliphatic heterocycles. The SMILES string of the molecule is CN1CN(c2c(O)n(C)c(=O)n(C)c2=O)c2ccccc21. The van der Waals surface area contributed by atoms with Gasteiger partial charge in [-0.25, -0.2) is 4.79 Å². The molecule has 110 valence electrons. The maximum atomic E-state index is 12.4. The van der Waals surface area contributed by atoms with E-state index in [1.54, 1.807) is 4.90 Å². The van der Waals surface area contributed by atoms with Crippen LogP contribution < -0.4 is 21.0 Å². The Morgan fingerprint density at radius 3 is 2.29 bits per heavy atom. The molecule has 0 saturated carbocycles. The molecule has 0 fully saturated rings. The number of benzene rings is 1. The highest BCUT2D eigenvalue weighted by molar-refractivity contribution is 5.83. The van der Waals surface area contributed by atoms with Crippen molar-refractivity contribution >= 4 is 17.1 Å². The first kappa shape index (κ1) is 13.3. The molecule has 1 aromatic heterocycles. The number of aromatic hydroxyl groups is 1. The molecule has 0 radical (unpaired) electrons. The second-order valence-electron chi connectivity index (χ2n) is 5.13. The summed E-state index contributed by atoms with van der Waals surface area (Å²) >= 11 is 0. The lowest BCUT2D eigenvalue weighted by Crippen LogP contribution is -2.40. The molecule has 3 rings (SSSR count). The number of nitrogens with zero attached hydrogens (tertiary/aromatic N) is 4. The van der Waals surface area contributed by atoms with Gasteiger partial charge in [0.1, 0.15) is 0 Å². The van der Waals surface area contributed by atoms with Crippen LogP contribution in [0.5, 0.6) is 5.88 Å². The first-order valence-electron chi connectivity index (χ1n) is 6.50. The van der Waals surface area contributed by atoms with Crippen LogP contribution in [0.15, 0.2) is 33.9 Å². The van der Waals surface area contributed by atoms with Crippen molar-refractivity contribution in [2.75, 3.05) is 23.5 Å². The van der Waals surface area contributed by atoms with E-state index in [1.165, 1.54) is 14.1 Å². The third kappa shape index (κ3) is 1.74. The Balaban J connectivity index is 2.29. The highest BCUT2D eigenvalue weighted by Crippen LogP contribution is 2.40. The standard InChI is InChI=1S/C14H16N4O3/c1-15-8-18(10-7-5-4-6-9(10)15)11-12(19)16(2)14(21)17(3)13(11)20/h4-7,19H,8H2,1-3H3. The maximum absolute atomic E-state index is 12.4. The molecule has 2 aromatic rings. The van der Waals surface area contributed by atoms with Gasteiger partial charge in [0.2, 0.25) is 5.88 Å². The van der Waals surface area contributed by atoms with Crippen molar-refractivity contribution in [1.82, 2.24) is 9.13 Å². The van der Waals surface area contributed by atoms with Crippen LogP contribution >= 0.6 is 0 Å². The summed E-state index contributed by atoms with van der Waals surface area (Å²) < 4.78 is 2.06. The molecule has 1 N–H and O–H groups in total. The van der Waals surface area contributed by atoms with E-state index in [9.17, 15) is 14.7 Å². The van der Waals surface area contributed by atoms with Crippen LogP contribution in [0.2, 0.25) is 0 Å². The lowest BCUT2D eigenvalue weighted by Gasteiger charge is -2.21. The molecular weight excluding hydrogens is 272 g/mol. The smallest absolute Gasteiger partial charge is 0.333 e. The zero-order valence-corrected chi connectivity index (χ0v) is 12.1. The Kier molecular flexibility index (Phi) is 2.79. The van der Waals surface area contributed by atoms with Gasteiger partial charge in [-0.05, 0) is 12.1 Å². The molecule has 0 amide bonds. The van der Waals surface area contributed by atoms with E-state index in [0.29, 0.717) is 6.67 Å². The molecule has 0 aliphatic carbocycles. The molecular formula is C14H16N4O3. The van der Waals surface area contributed by atoms with E-state index in [2.05, 4.69) is 0 Å². The van der Waals surface area contributed by atoms with Crippen LogP contribution in [0.1, 0.15) is 0 Å². The fourth-order valence-electron chi connectivity index (χ4n) is 2.62. The predicted molar refractivity (Wildman–Crippen MR) is 80.4 cm³/mol. The first-order chi connectivity index (χ1) is 9.93. The van der Waals surface area contributed by atoms with E-state index in [-0.39, 0.29) is 11.6 Å². The number of para-hydroxylation sites is 2. The van der Waals surface area contributed by atoms with Crippen molar-refractivity contribution in [1.29, 1.82) is 0 Å². The number of aromatic nitrogens is 2. The van der Waals surface area contributed by atoms with Crippen LogP contribution in [-0.4, -0.2) is 28.0 Å². The average Bonchev–Trinajstić information content (AvgIpc) is 2.81. The molecule has 1 aliphatic rings. The number of fused-ring (bicyclic) bond motifs is 1. The summed E-state index contributed by atoms with van der Waals surface area (Å²) in [6.45, 7) is 0.431. The topological polar surface area (TPSA) is 70.7 Å². The Labute approximate surface area is 120 Å². The van der Waals surface area contributed by atoms with Crippen LogP contribution in [0, 0.1) is 0 Å². The number of hydrogen-bond donors (Lipinski definition) is 1. The molecule has 0 atom stereocenters. The summed E-state index contributed by atoms with van der Waals surface area (Å²) in [5, 5.41) is 10.2. The normalized spacial score (nSPS) is 13.7. The van der Waals surface area contributed by atoms with E-state index in [4.69, 9.17) is 0 Å². The Morgan fingerprint density at radius 2 is 1.62 bits per heavy atom. The second-order valence-corrected chi connectivity index (χ2v) is 5.13. The van der Waals surface area contributed by atoms with Gasteiger partial charge in [0.05, 0.1) is 18.0 Å². The lowest BCUT2D eigenvalue weighted by molar-refractivity contribution is 0.413. The van der Waals surface area contributed by atoms with Crippen LogP contribution in [0.25, 0.3) is 0 Å². The van der Waals surface area contributed by atoms with Crippen LogP contribution in [0.3, 0.4) is 0 Å². The van der Waals surface area contributed by atoms with Crippen LogP contribution in [0.4, 0.5) is 17.1 Å². The van der Waals surface area contributed by atoms with Gasteiger partial charge < -0.3 is 14.9 Å². The molecule has 21 heavy (non-hydrogen) atoms. The predicted octanol–water partition coefficient (Wildman–Crippen LogP) is 0.335. The van der Waals surface area contributed by atoms with Gasteiger partial charge in [-0.15, -0.1) is 0 Å². The van der Waals surface area contributed by atoms with E-state index < -0.39 is 11.2 Å². The quantitative estimate of drug-likeness (QED) is 0.819. The molecule has 7 nitrogen and oxygen atoms in total. The van der Waals surface area contributed by atoms with Gasteiger partial charge in [0.15, 0.2) is 5.69 Å². The average molecular weight is 288 g/mol. The summed E-state index contributed by atoms with van der Waals surface area (Å²) in [4.78, 5) is 27.9. The zero-order valence-electron chi connectivity index (χ0n) is 12.1. The van der Waals surface area contributed by atoms with Gasteiger partial charge >= 0.3 is 5.69 Å². The summed E-state index contributed by atoms with van der Waals surface area (Å²) in [6.07, 6.45) is 0. The number of hydrogen-bond acceptors (Lipinski definition) is 5. The van der Waals surface area contributed by atoms with Crippen molar-refractivity contribution in [2.24, 2.45) is 14.1 Å². The van der Waals surface area contributed by atoms with E-state index in [0.717, 1.165) is 20.5 Å². The minimum atomic E-state index is -0.554. The van der Waals surface area contributed by atoms with Crippen molar-refractivity contribution in [2.45, 2.75) is 0 Å². The van der Waals surface area contributed by atoms with E-state index >= 15 is 0 Å². The Bertz CT molecular complexity index is 837. The van der Waals surface area contributed by atoms with Crippen LogP contribution in [-0.2, 0) is 14.1 Å². The summed E-state index contributed by atoms with van der Waals surface area (Å²) in [5.74, 6) is -0.326. The Hall–Kier alpha value is -2.70. The minimum absolute atomic E-state index is 0.108. The molecule has 2 heterocycles. The third-order valence-electron chi connectivity index (χ3n) is 3.82. The summed E-state index contributed by atoms with van der Waals surface area (Å²) in [6, 6.07) is 7.60. The van der Waals surface area contributed by atoms with Gasteiger partial charge in [0, 0.05) is 21.1 Å². The lowest BCUT2D eigenvalue weighted by atomic mass is 10.2. The minimum Gasteiger partial charge on any atom is -0.493 e. The molecule has 7 heteroatoms. The van der Waals surface area contributed by atoms with Crippen molar-refractivity contribution in [3.63, 3.8) is 0 Å². The monoisotopic (exact) mass is 288 g/mol. The van der Waals surface area contributed by atoms with Gasteiger partial charge in [0.25, 0.3) is 5.56 Å². The fourth-order valence-corrected chi connectivity index (χ4v) is 2.62. The van der Waals surface area contributed by atoms with E-state index in [1.807, 2.05) is 36.2 Å². The number of anilines is 3. The molecule has 0 spiro atoms. The Morgan fingerprint density at radius 1 is 1.00 bits per heavy atom. The molecule has 0 saturated heterocycles. The number of rotatable bonds is 1. The largest absolute Gasteiger partial charge is 0.493 e. The molecule has 1 aromatic carbocycles. The zero-order chi connectivity index (χ0) is 15.3. The van der Waals surface area contributed by atoms with Crippen molar-refractivity contribution in [3.05, 3.63) is 45.1 Å². The fraction of sp³-hybridized carbons (Fsp3) is 0.286. The second kappa shape index (κ2) is 4.41. The summed E-state index contributed by atoms with van der Waals surface area (Å²) in [7, 11) is 4.74. The third-order valence-corrected chi connectivity index (χ3v) is 3.82. The molecule has 0 unspecified atom stereocenters. The summed E-state index contributed by atoms with van der Waals surface area (Å²) in [5.41, 5.74) is 0.832. The highest BCUT2D eigenvalue weighted by Gasteiger charge is 2.29. The highest BCUT2D eigenvalue weighted by atomic mass is 16.3. The van der Waals surface area contributed by atoms with Crippen molar-refractivity contribution < 1.29 is 5.11 Å². The maximum Gasteiger partial charge on any atom is 0.333 e. The first-order valence-corrected chi connectivity index (χ1v) is 6.50. The van der Waals surface area contributed by atoms with Crippen molar-refractivity contribution in [3.8, 4) is 5.88 Å². The van der Waals surface area contributed by atoms with Gasteiger partial charge in [-0.1, -0.05) is 12.1 Å².